The molecule has 0 saturated carbocycles. The number of amides is 4. The number of aliphatic carboxylic acids is 1. The van der Waals surface area contributed by atoms with Crippen molar-refractivity contribution in [2.45, 2.75) is 56.7 Å². The van der Waals surface area contributed by atoms with E-state index in [0.29, 0.717) is 31.4 Å². The third kappa shape index (κ3) is 11.8. The molecule has 0 aliphatic carbocycles. The van der Waals surface area contributed by atoms with Crippen LogP contribution in [-0.2, 0) is 30.4 Å². The minimum atomic E-state index is -1.28. The number of carboxylic acids is 1. The summed E-state index contributed by atoms with van der Waals surface area (Å²) in [6, 6.07) is 2.49. The SMILES string of the molecule is NCCCCC(N)C(=O)NC(CCC(N)=O)C(=O)NCC(=O)NC(Cc1ccc(O)cc1)C(=O)O. The molecule has 1 aromatic rings. The molecule has 0 aromatic heterocycles. The lowest BCUT2D eigenvalue weighted by Gasteiger charge is -2.21. The number of carbonyl (C=O) groups is 5. The lowest BCUT2D eigenvalue weighted by molar-refractivity contribution is -0.141. The number of aromatic hydroxyl groups is 1. The van der Waals surface area contributed by atoms with Gasteiger partial charge in [0.05, 0.1) is 12.6 Å². The van der Waals surface area contributed by atoms with Gasteiger partial charge in [-0.1, -0.05) is 18.6 Å². The molecule has 3 unspecified atom stereocenters. The molecule has 11 N–H and O–H groups in total. The van der Waals surface area contributed by atoms with Crippen LogP contribution in [0.4, 0.5) is 0 Å². The molecule has 194 valence electrons. The van der Waals surface area contributed by atoms with Crippen LogP contribution in [0.3, 0.4) is 0 Å². The fourth-order valence-corrected chi connectivity index (χ4v) is 3.08. The fraction of sp³-hybridized carbons (Fsp3) is 0.500. The molecule has 0 bridgehead atoms. The van der Waals surface area contributed by atoms with Crippen LogP contribution in [0.1, 0.15) is 37.7 Å². The van der Waals surface area contributed by atoms with E-state index >= 15 is 0 Å². The van der Waals surface area contributed by atoms with E-state index in [0.717, 1.165) is 0 Å². The lowest BCUT2D eigenvalue weighted by Crippen LogP contribution is -2.53. The summed E-state index contributed by atoms with van der Waals surface area (Å²) in [5.74, 6) is -4.08. The highest BCUT2D eigenvalue weighted by Gasteiger charge is 2.25. The molecule has 1 rings (SSSR count). The van der Waals surface area contributed by atoms with Crippen LogP contribution in [0.2, 0.25) is 0 Å². The Morgan fingerprint density at radius 1 is 0.914 bits per heavy atom. The first-order valence-corrected chi connectivity index (χ1v) is 11.2. The smallest absolute Gasteiger partial charge is 0.326 e. The van der Waals surface area contributed by atoms with E-state index < -0.39 is 54.3 Å². The predicted octanol–water partition coefficient (Wildman–Crippen LogP) is -2.17. The van der Waals surface area contributed by atoms with E-state index in [9.17, 15) is 34.2 Å². The zero-order valence-electron chi connectivity index (χ0n) is 19.4. The quantitative estimate of drug-likeness (QED) is 0.116. The van der Waals surface area contributed by atoms with E-state index in [1.807, 2.05) is 0 Å². The van der Waals surface area contributed by atoms with Gasteiger partial charge in [0.2, 0.25) is 23.6 Å². The molecule has 13 nitrogen and oxygen atoms in total. The highest BCUT2D eigenvalue weighted by atomic mass is 16.4. The number of carboxylic acid groups (broad SMARTS) is 1. The van der Waals surface area contributed by atoms with Gasteiger partial charge in [0.25, 0.3) is 0 Å². The van der Waals surface area contributed by atoms with Crippen LogP contribution in [0.5, 0.6) is 5.75 Å². The Bertz CT molecular complexity index is 878. The third-order valence-corrected chi connectivity index (χ3v) is 5.05. The van der Waals surface area contributed by atoms with E-state index in [1.165, 1.54) is 24.3 Å². The number of carbonyl (C=O) groups excluding carboxylic acids is 4. The Kier molecular flexibility index (Phi) is 12.8. The van der Waals surface area contributed by atoms with E-state index in [2.05, 4.69) is 16.0 Å². The molecule has 0 aliphatic heterocycles. The van der Waals surface area contributed by atoms with Crippen LogP contribution < -0.4 is 33.2 Å². The number of phenolic OH excluding ortho intramolecular Hbond substituents is 1. The van der Waals surface area contributed by atoms with Crippen LogP contribution >= 0.6 is 0 Å². The van der Waals surface area contributed by atoms with Crippen molar-refractivity contribution in [2.75, 3.05) is 13.1 Å². The number of unbranched alkanes of at least 4 members (excludes halogenated alkanes) is 1. The molecule has 0 spiro atoms. The van der Waals surface area contributed by atoms with Gasteiger partial charge in [0, 0.05) is 12.8 Å². The Balaban J connectivity index is 2.68. The van der Waals surface area contributed by atoms with Gasteiger partial charge >= 0.3 is 5.97 Å². The third-order valence-electron chi connectivity index (χ3n) is 5.05. The number of hydrogen-bond donors (Lipinski definition) is 8. The maximum Gasteiger partial charge on any atom is 0.326 e. The van der Waals surface area contributed by atoms with Crippen LogP contribution in [0.15, 0.2) is 24.3 Å². The minimum Gasteiger partial charge on any atom is -0.508 e. The van der Waals surface area contributed by atoms with Gasteiger partial charge in [-0.15, -0.1) is 0 Å². The molecular formula is C22H34N6O7. The van der Waals surface area contributed by atoms with Crippen molar-refractivity contribution in [1.82, 2.24) is 16.0 Å². The van der Waals surface area contributed by atoms with Crippen molar-refractivity contribution in [3.05, 3.63) is 29.8 Å². The van der Waals surface area contributed by atoms with Crippen molar-refractivity contribution in [3.8, 4) is 5.75 Å². The number of rotatable bonds is 16. The maximum absolute atomic E-state index is 12.6. The summed E-state index contributed by atoms with van der Waals surface area (Å²) in [6.07, 6.45) is 1.31. The standard InChI is InChI=1S/C22H34N6O7/c23-10-2-1-3-15(24)20(32)28-16(8-9-18(25)30)21(33)26-12-19(31)27-17(22(34)35)11-13-4-6-14(29)7-5-13/h4-7,15-17,29H,1-3,8-12,23-24H2,(H2,25,30)(H,26,33)(H,27,31)(H,28,32)(H,34,35). The Hall–Kier alpha value is -3.71. The predicted molar refractivity (Wildman–Crippen MR) is 126 cm³/mol. The first kappa shape index (κ1) is 29.3. The maximum atomic E-state index is 12.6. The highest BCUT2D eigenvalue weighted by Crippen LogP contribution is 2.11. The Morgan fingerprint density at radius 2 is 1.57 bits per heavy atom. The van der Waals surface area contributed by atoms with Gasteiger partial charge in [0.1, 0.15) is 17.8 Å². The summed E-state index contributed by atoms with van der Waals surface area (Å²) in [5, 5.41) is 25.8. The molecule has 35 heavy (non-hydrogen) atoms. The number of nitrogens with one attached hydrogen (secondary N) is 3. The van der Waals surface area contributed by atoms with Crippen LogP contribution in [0.25, 0.3) is 0 Å². The summed E-state index contributed by atoms with van der Waals surface area (Å²) < 4.78 is 0. The molecule has 0 saturated heterocycles. The summed E-state index contributed by atoms with van der Waals surface area (Å²) in [6.45, 7) is -0.110. The van der Waals surface area contributed by atoms with Crippen LogP contribution in [0, 0.1) is 0 Å². The van der Waals surface area contributed by atoms with Crippen molar-refractivity contribution in [3.63, 3.8) is 0 Å². The average molecular weight is 495 g/mol. The molecular weight excluding hydrogens is 460 g/mol. The monoisotopic (exact) mass is 494 g/mol. The van der Waals surface area contributed by atoms with Crippen molar-refractivity contribution in [2.24, 2.45) is 17.2 Å². The average Bonchev–Trinajstić information content (AvgIpc) is 2.80. The van der Waals surface area contributed by atoms with E-state index in [1.54, 1.807) is 0 Å². The van der Waals surface area contributed by atoms with Gasteiger partial charge < -0.3 is 43.4 Å². The second-order valence-corrected chi connectivity index (χ2v) is 8.00. The summed E-state index contributed by atoms with van der Waals surface area (Å²) >= 11 is 0. The normalized spacial score (nSPS) is 13.2. The molecule has 1 aromatic carbocycles. The second-order valence-electron chi connectivity index (χ2n) is 8.00. The molecule has 0 aliphatic rings. The lowest BCUT2D eigenvalue weighted by atomic mass is 10.1. The minimum absolute atomic E-state index is 0.0156. The first-order valence-electron chi connectivity index (χ1n) is 11.2. The van der Waals surface area contributed by atoms with Gasteiger partial charge in [-0.2, -0.15) is 0 Å². The Morgan fingerprint density at radius 3 is 2.14 bits per heavy atom. The number of hydrogen-bond acceptors (Lipinski definition) is 8. The van der Waals surface area contributed by atoms with E-state index in [-0.39, 0.29) is 25.0 Å². The summed E-state index contributed by atoms with van der Waals surface area (Å²) in [7, 11) is 0. The van der Waals surface area contributed by atoms with Crippen molar-refractivity contribution in [1.29, 1.82) is 0 Å². The molecule has 3 atom stereocenters. The van der Waals surface area contributed by atoms with Gasteiger partial charge in [0.15, 0.2) is 0 Å². The van der Waals surface area contributed by atoms with E-state index in [4.69, 9.17) is 17.2 Å². The number of phenols is 1. The molecule has 0 radical (unpaired) electrons. The molecule has 0 heterocycles. The number of benzene rings is 1. The summed E-state index contributed by atoms with van der Waals surface area (Å²) in [4.78, 5) is 59.8. The zero-order chi connectivity index (χ0) is 26.4. The number of nitrogens with two attached hydrogens (primary N) is 3. The van der Waals surface area contributed by atoms with Gasteiger partial charge in [-0.05, 0) is 43.5 Å². The molecule has 13 heteroatoms. The van der Waals surface area contributed by atoms with Gasteiger partial charge in [-0.25, -0.2) is 4.79 Å². The number of primary amides is 1. The first-order chi connectivity index (χ1) is 16.5. The molecule has 0 fully saturated rings. The van der Waals surface area contributed by atoms with Crippen molar-refractivity contribution < 1.29 is 34.2 Å². The van der Waals surface area contributed by atoms with Crippen LogP contribution in [-0.4, -0.2) is 71.0 Å². The highest BCUT2D eigenvalue weighted by molar-refractivity contribution is 5.93. The molecule has 4 amide bonds. The van der Waals surface area contributed by atoms with Gasteiger partial charge in [-0.3, -0.25) is 19.2 Å². The second kappa shape index (κ2) is 15.2. The summed E-state index contributed by atoms with van der Waals surface area (Å²) in [5.41, 5.74) is 16.9. The Labute approximate surface area is 202 Å². The largest absolute Gasteiger partial charge is 0.508 e. The fourth-order valence-electron chi connectivity index (χ4n) is 3.08. The zero-order valence-corrected chi connectivity index (χ0v) is 19.4. The van der Waals surface area contributed by atoms with Crippen molar-refractivity contribution >= 4 is 29.6 Å². The topological polar surface area (TPSA) is 240 Å².